The van der Waals surface area contributed by atoms with Crippen molar-refractivity contribution in [2.75, 3.05) is 38.8 Å². The molecule has 1 unspecified atom stereocenters. The fourth-order valence-electron chi connectivity index (χ4n) is 4.60. The number of piperidine rings is 1. The summed E-state index contributed by atoms with van der Waals surface area (Å²) >= 11 is 1.65. The molecule has 0 aliphatic carbocycles. The normalized spacial score (nSPS) is 22.5. The molecule has 2 saturated heterocycles. The van der Waals surface area contributed by atoms with Crippen LogP contribution in [0.4, 0.5) is 0 Å². The summed E-state index contributed by atoms with van der Waals surface area (Å²) < 4.78 is 0. The molecule has 1 spiro atoms. The molecule has 7 heteroatoms. The second-order valence-electron chi connectivity index (χ2n) is 7.71. The van der Waals surface area contributed by atoms with Gasteiger partial charge in [0.1, 0.15) is 11.5 Å². The Balaban J connectivity index is 2.00. The lowest BCUT2D eigenvalue weighted by Gasteiger charge is -2.41. The van der Waals surface area contributed by atoms with E-state index in [2.05, 4.69) is 0 Å². The number of ketones is 1. The van der Waals surface area contributed by atoms with Crippen molar-refractivity contribution >= 4 is 23.5 Å². The van der Waals surface area contributed by atoms with E-state index in [1.165, 1.54) is 5.06 Å². The topological polar surface area (TPSA) is 59.1 Å². The van der Waals surface area contributed by atoms with Gasteiger partial charge in [-0.25, -0.2) is 5.06 Å². The Morgan fingerprint density at radius 1 is 1.14 bits per heavy atom. The number of hydrogen-bond donors (Lipinski definition) is 0. The van der Waals surface area contributed by atoms with Crippen molar-refractivity contribution in [1.29, 1.82) is 0 Å². The zero-order chi connectivity index (χ0) is 20.5. The lowest BCUT2D eigenvalue weighted by Crippen LogP contribution is -2.56. The minimum absolute atomic E-state index is 0.0348. The molecule has 1 amide bonds. The van der Waals surface area contributed by atoms with Gasteiger partial charge in [-0.05, 0) is 56.6 Å². The van der Waals surface area contributed by atoms with Crippen LogP contribution < -0.4 is 0 Å². The first-order valence-electron chi connectivity index (χ1n) is 9.72. The number of carbonyl (C=O) groups excluding carboxylic acids is 2. The standard InChI is InChI=1S/C21H30N2O4S/c1-14-12-15(2)17(16(3)13-14)18-19(24)21(6-8-22(26-4)9-7-21)23(20(18)25)27-10-11-28-5/h12-13,18H,6-11H2,1-5H3. The molecule has 154 valence electrons. The second kappa shape index (κ2) is 8.53. The smallest absolute Gasteiger partial charge is 0.262 e. The van der Waals surface area contributed by atoms with E-state index in [-0.39, 0.29) is 11.7 Å². The van der Waals surface area contributed by atoms with Crippen LogP contribution >= 0.6 is 11.8 Å². The second-order valence-corrected chi connectivity index (χ2v) is 8.70. The average Bonchev–Trinajstić information content (AvgIpc) is 2.84. The molecule has 28 heavy (non-hydrogen) atoms. The number of thioether (sulfide) groups is 1. The molecule has 2 heterocycles. The number of rotatable bonds is 6. The Bertz CT molecular complexity index is 736. The highest BCUT2D eigenvalue weighted by Gasteiger charge is 2.61. The van der Waals surface area contributed by atoms with Crippen molar-refractivity contribution in [2.45, 2.75) is 45.1 Å². The molecule has 2 fully saturated rings. The quantitative estimate of drug-likeness (QED) is 0.535. The molecule has 0 aromatic heterocycles. The molecule has 0 bridgehead atoms. The van der Waals surface area contributed by atoms with Gasteiger partial charge in [-0.15, -0.1) is 0 Å². The highest BCUT2D eigenvalue weighted by molar-refractivity contribution is 7.98. The fraction of sp³-hybridized carbons (Fsp3) is 0.619. The SMILES string of the molecule is CON1CCC2(CC1)C(=O)C(c1c(C)cc(C)cc1C)C(=O)N2OCCSC. The number of benzene rings is 1. The van der Waals surface area contributed by atoms with Crippen molar-refractivity contribution in [3.63, 3.8) is 0 Å². The lowest BCUT2D eigenvalue weighted by molar-refractivity contribution is -0.228. The van der Waals surface area contributed by atoms with E-state index in [0.717, 1.165) is 28.0 Å². The summed E-state index contributed by atoms with van der Waals surface area (Å²) in [5.41, 5.74) is 3.04. The molecule has 2 aliphatic rings. The van der Waals surface area contributed by atoms with Crippen LogP contribution in [0.25, 0.3) is 0 Å². The van der Waals surface area contributed by atoms with E-state index in [1.807, 2.05) is 44.2 Å². The Hall–Kier alpha value is -1.41. The van der Waals surface area contributed by atoms with Crippen LogP contribution in [0.15, 0.2) is 12.1 Å². The molecule has 0 N–H and O–H groups in total. The van der Waals surface area contributed by atoms with Crippen molar-refractivity contribution in [3.8, 4) is 0 Å². The summed E-state index contributed by atoms with van der Waals surface area (Å²) in [6, 6.07) is 4.08. The van der Waals surface area contributed by atoms with Crippen LogP contribution in [0.1, 0.15) is 41.0 Å². The molecule has 0 radical (unpaired) electrons. The molecule has 1 atom stereocenters. The molecule has 6 nitrogen and oxygen atoms in total. The van der Waals surface area contributed by atoms with Crippen LogP contribution in [0.3, 0.4) is 0 Å². The lowest BCUT2D eigenvalue weighted by atomic mass is 9.79. The third kappa shape index (κ3) is 3.61. The maximum absolute atomic E-state index is 13.7. The number of carbonyl (C=O) groups is 2. The Morgan fingerprint density at radius 3 is 2.29 bits per heavy atom. The third-order valence-corrected chi connectivity index (χ3v) is 6.47. The van der Waals surface area contributed by atoms with E-state index in [4.69, 9.17) is 9.68 Å². The number of hydroxylamine groups is 4. The van der Waals surface area contributed by atoms with Gasteiger partial charge in [0.05, 0.1) is 13.7 Å². The van der Waals surface area contributed by atoms with Gasteiger partial charge in [-0.1, -0.05) is 17.7 Å². The van der Waals surface area contributed by atoms with Gasteiger partial charge in [-0.3, -0.25) is 14.4 Å². The zero-order valence-electron chi connectivity index (χ0n) is 17.4. The van der Waals surface area contributed by atoms with Gasteiger partial charge in [0, 0.05) is 18.8 Å². The van der Waals surface area contributed by atoms with Crippen LogP contribution in [0, 0.1) is 20.8 Å². The first-order valence-corrected chi connectivity index (χ1v) is 11.1. The van der Waals surface area contributed by atoms with E-state index in [9.17, 15) is 9.59 Å². The molecule has 3 rings (SSSR count). The van der Waals surface area contributed by atoms with E-state index in [0.29, 0.717) is 32.5 Å². The van der Waals surface area contributed by atoms with Crippen LogP contribution in [0.5, 0.6) is 0 Å². The molecule has 2 aliphatic heterocycles. The van der Waals surface area contributed by atoms with Crippen LogP contribution in [-0.2, 0) is 19.3 Å². The molecular formula is C21H30N2O4S. The van der Waals surface area contributed by atoms with Gasteiger partial charge in [-0.2, -0.15) is 16.8 Å². The summed E-state index contributed by atoms with van der Waals surface area (Å²) in [4.78, 5) is 38.4. The molecule has 1 aromatic carbocycles. The predicted molar refractivity (Wildman–Crippen MR) is 110 cm³/mol. The van der Waals surface area contributed by atoms with Crippen molar-refractivity contribution < 1.29 is 19.3 Å². The zero-order valence-corrected chi connectivity index (χ0v) is 18.2. The Labute approximate surface area is 171 Å². The first-order chi connectivity index (χ1) is 13.4. The van der Waals surface area contributed by atoms with Gasteiger partial charge in [0.25, 0.3) is 5.91 Å². The molecule has 0 saturated carbocycles. The van der Waals surface area contributed by atoms with E-state index >= 15 is 0 Å². The van der Waals surface area contributed by atoms with Crippen molar-refractivity contribution in [3.05, 3.63) is 34.4 Å². The largest absolute Gasteiger partial charge is 0.302 e. The highest BCUT2D eigenvalue weighted by atomic mass is 32.2. The number of aryl methyl sites for hydroxylation is 3. The maximum Gasteiger partial charge on any atom is 0.262 e. The average molecular weight is 407 g/mol. The van der Waals surface area contributed by atoms with Crippen LogP contribution in [0.2, 0.25) is 0 Å². The minimum Gasteiger partial charge on any atom is -0.302 e. The summed E-state index contributed by atoms with van der Waals surface area (Å²) in [5.74, 6) is -0.283. The highest BCUT2D eigenvalue weighted by Crippen LogP contribution is 2.44. The van der Waals surface area contributed by atoms with Gasteiger partial charge in [0.2, 0.25) is 0 Å². The number of nitrogens with zero attached hydrogens (tertiary/aromatic N) is 2. The van der Waals surface area contributed by atoms with Crippen molar-refractivity contribution in [2.24, 2.45) is 0 Å². The Kier molecular flexibility index (Phi) is 6.49. The van der Waals surface area contributed by atoms with E-state index < -0.39 is 11.5 Å². The third-order valence-electron chi connectivity index (χ3n) is 5.90. The number of hydrogen-bond acceptors (Lipinski definition) is 6. The maximum atomic E-state index is 13.7. The fourth-order valence-corrected chi connectivity index (χ4v) is 4.84. The van der Waals surface area contributed by atoms with Crippen LogP contribution in [-0.4, -0.2) is 66.2 Å². The monoisotopic (exact) mass is 406 g/mol. The Morgan fingerprint density at radius 2 is 1.75 bits per heavy atom. The first kappa shape index (κ1) is 21.3. The van der Waals surface area contributed by atoms with E-state index in [1.54, 1.807) is 18.9 Å². The summed E-state index contributed by atoms with van der Waals surface area (Å²) in [6.07, 6.45) is 3.03. The summed E-state index contributed by atoms with van der Waals surface area (Å²) in [5, 5.41) is 3.25. The van der Waals surface area contributed by atoms with Gasteiger partial charge < -0.3 is 4.84 Å². The van der Waals surface area contributed by atoms with Crippen molar-refractivity contribution in [1.82, 2.24) is 10.1 Å². The molecule has 1 aromatic rings. The summed E-state index contributed by atoms with van der Waals surface area (Å²) in [6.45, 7) is 7.59. The number of amides is 1. The van der Waals surface area contributed by atoms with Gasteiger partial charge >= 0.3 is 0 Å². The molecular weight excluding hydrogens is 376 g/mol. The van der Waals surface area contributed by atoms with Gasteiger partial charge in [0.15, 0.2) is 5.78 Å². The summed E-state index contributed by atoms with van der Waals surface area (Å²) in [7, 11) is 1.63. The number of Topliss-reactive ketones (excluding diaryl/α,β-unsaturated/α-hetero) is 1. The predicted octanol–water partition coefficient (Wildman–Crippen LogP) is 2.80. The minimum atomic E-state index is -0.904.